The number of fused-ring (bicyclic) bond motifs is 2. The van der Waals surface area contributed by atoms with E-state index in [1.807, 2.05) is 0 Å². The highest BCUT2D eigenvalue weighted by Gasteiger charge is 2.61. The second-order valence-electron chi connectivity index (χ2n) is 6.20. The standard InChI is InChI=1S/C18H17N5O5/c1-27-11-5-3-10(4-6-11)19-16-15(23(25)26)18(22-21-16)13-9-12(28-2)7-8-14(13)20-17(18)24/h3-9,19,21-22H,1-2H3,(H,20,24). The van der Waals surface area contributed by atoms with Crippen molar-refractivity contribution in [3.8, 4) is 11.5 Å². The van der Waals surface area contributed by atoms with Gasteiger partial charge in [0.1, 0.15) is 11.5 Å². The van der Waals surface area contributed by atoms with E-state index in [2.05, 4.69) is 21.5 Å². The Balaban J connectivity index is 1.80. The summed E-state index contributed by atoms with van der Waals surface area (Å²) in [6.45, 7) is 0. The maximum absolute atomic E-state index is 12.8. The molecule has 28 heavy (non-hydrogen) atoms. The minimum absolute atomic E-state index is 0.0704. The maximum Gasteiger partial charge on any atom is 0.323 e. The molecular weight excluding hydrogens is 366 g/mol. The third-order valence-electron chi connectivity index (χ3n) is 4.73. The van der Waals surface area contributed by atoms with Gasteiger partial charge in [0.2, 0.25) is 5.54 Å². The van der Waals surface area contributed by atoms with E-state index < -0.39 is 16.4 Å². The molecule has 2 heterocycles. The molecule has 1 unspecified atom stereocenters. The summed E-state index contributed by atoms with van der Waals surface area (Å²) in [5, 5.41) is 17.6. The van der Waals surface area contributed by atoms with E-state index in [1.54, 1.807) is 49.6 Å². The van der Waals surface area contributed by atoms with Crippen molar-refractivity contribution >= 4 is 17.3 Å². The van der Waals surface area contributed by atoms with Crippen LogP contribution >= 0.6 is 0 Å². The van der Waals surface area contributed by atoms with Crippen LogP contribution in [0.4, 0.5) is 11.4 Å². The first-order valence-corrected chi connectivity index (χ1v) is 8.33. The molecule has 2 aliphatic rings. The first kappa shape index (κ1) is 17.6. The monoisotopic (exact) mass is 383 g/mol. The van der Waals surface area contributed by atoms with Gasteiger partial charge in [0.05, 0.1) is 19.1 Å². The molecule has 0 aliphatic carbocycles. The predicted molar refractivity (Wildman–Crippen MR) is 100 cm³/mol. The molecule has 4 N–H and O–H groups in total. The Labute approximate surface area is 159 Å². The topological polar surface area (TPSA) is 127 Å². The third-order valence-corrected chi connectivity index (χ3v) is 4.73. The van der Waals surface area contributed by atoms with Crippen LogP contribution in [0.3, 0.4) is 0 Å². The van der Waals surface area contributed by atoms with Crippen LogP contribution in [-0.4, -0.2) is 25.1 Å². The molecule has 2 aromatic carbocycles. The molecule has 1 amide bonds. The van der Waals surface area contributed by atoms with E-state index >= 15 is 0 Å². The summed E-state index contributed by atoms with van der Waals surface area (Å²) in [6, 6.07) is 11.8. The number of nitrogens with zero attached hydrogens (tertiary/aromatic N) is 1. The summed E-state index contributed by atoms with van der Waals surface area (Å²) in [5.74, 6) is 0.650. The Kier molecular flexibility index (Phi) is 4.04. The van der Waals surface area contributed by atoms with E-state index in [0.717, 1.165) is 0 Å². The summed E-state index contributed by atoms with van der Waals surface area (Å²) in [5.41, 5.74) is 4.98. The molecule has 0 aromatic heterocycles. The van der Waals surface area contributed by atoms with Crippen LogP contribution in [0.2, 0.25) is 0 Å². The van der Waals surface area contributed by atoms with E-state index in [0.29, 0.717) is 28.4 Å². The molecule has 4 rings (SSSR count). The van der Waals surface area contributed by atoms with Gasteiger partial charge in [0, 0.05) is 16.9 Å². The number of benzene rings is 2. The van der Waals surface area contributed by atoms with Crippen LogP contribution in [0.5, 0.6) is 11.5 Å². The zero-order chi connectivity index (χ0) is 19.9. The first-order valence-electron chi connectivity index (χ1n) is 8.33. The molecule has 10 nitrogen and oxygen atoms in total. The van der Waals surface area contributed by atoms with Crippen molar-refractivity contribution in [1.82, 2.24) is 10.9 Å². The van der Waals surface area contributed by atoms with E-state index in [1.165, 1.54) is 7.11 Å². The van der Waals surface area contributed by atoms with Gasteiger partial charge in [-0.1, -0.05) is 0 Å². The second-order valence-corrected chi connectivity index (χ2v) is 6.20. The first-order chi connectivity index (χ1) is 13.5. The van der Waals surface area contributed by atoms with E-state index in [9.17, 15) is 14.9 Å². The normalized spacial score (nSPS) is 19.9. The average Bonchev–Trinajstić information content (AvgIpc) is 3.21. The number of carbonyl (C=O) groups excluding carboxylic acids is 1. The Morgan fingerprint density at radius 1 is 1.07 bits per heavy atom. The number of hydrogen-bond acceptors (Lipinski definition) is 8. The lowest BCUT2D eigenvalue weighted by atomic mass is 9.89. The van der Waals surface area contributed by atoms with Crippen molar-refractivity contribution in [1.29, 1.82) is 0 Å². The van der Waals surface area contributed by atoms with Crippen molar-refractivity contribution in [2.24, 2.45) is 0 Å². The minimum Gasteiger partial charge on any atom is -0.497 e. The van der Waals surface area contributed by atoms with Gasteiger partial charge in [-0.3, -0.25) is 20.3 Å². The largest absolute Gasteiger partial charge is 0.497 e. The molecule has 1 atom stereocenters. The van der Waals surface area contributed by atoms with Crippen LogP contribution in [0.15, 0.2) is 54.0 Å². The maximum atomic E-state index is 12.8. The second kappa shape index (κ2) is 6.43. The summed E-state index contributed by atoms with van der Waals surface area (Å²) in [7, 11) is 3.03. The summed E-state index contributed by atoms with van der Waals surface area (Å²) in [6.07, 6.45) is 0. The van der Waals surface area contributed by atoms with Crippen molar-refractivity contribution in [2.45, 2.75) is 5.54 Å². The highest BCUT2D eigenvalue weighted by molar-refractivity contribution is 6.08. The average molecular weight is 383 g/mol. The van der Waals surface area contributed by atoms with Crippen molar-refractivity contribution in [2.75, 3.05) is 24.9 Å². The van der Waals surface area contributed by atoms with Gasteiger partial charge in [-0.2, -0.15) is 0 Å². The van der Waals surface area contributed by atoms with Gasteiger partial charge in [0.15, 0.2) is 5.82 Å². The predicted octanol–water partition coefficient (Wildman–Crippen LogP) is 1.52. The molecule has 144 valence electrons. The van der Waals surface area contributed by atoms with Crippen molar-refractivity contribution in [3.05, 3.63) is 69.7 Å². The number of hydrazine groups is 1. The van der Waals surface area contributed by atoms with Crippen LogP contribution in [0.25, 0.3) is 0 Å². The van der Waals surface area contributed by atoms with Crippen LogP contribution in [0, 0.1) is 10.1 Å². The van der Waals surface area contributed by atoms with Gasteiger partial charge in [0.25, 0.3) is 5.91 Å². The van der Waals surface area contributed by atoms with Gasteiger partial charge < -0.3 is 20.1 Å². The molecule has 1 spiro atoms. The molecule has 0 bridgehead atoms. The number of hydrogen-bond donors (Lipinski definition) is 4. The van der Waals surface area contributed by atoms with Gasteiger partial charge in [-0.15, -0.1) is 0 Å². The molecule has 0 saturated heterocycles. The lowest BCUT2D eigenvalue weighted by Gasteiger charge is -2.19. The number of rotatable bonds is 5. The number of methoxy groups -OCH3 is 2. The molecule has 2 aromatic rings. The van der Waals surface area contributed by atoms with Crippen LogP contribution in [0.1, 0.15) is 5.56 Å². The number of anilines is 2. The Bertz CT molecular complexity index is 1000. The van der Waals surface area contributed by atoms with E-state index in [4.69, 9.17) is 9.47 Å². The molecule has 0 radical (unpaired) electrons. The number of ether oxygens (including phenoxy) is 2. The van der Waals surface area contributed by atoms with Crippen LogP contribution < -0.4 is 31.0 Å². The fourth-order valence-electron chi connectivity index (χ4n) is 3.37. The highest BCUT2D eigenvalue weighted by Crippen LogP contribution is 2.45. The molecule has 10 heteroatoms. The summed E-state index contributed by atoms with van der Waals surface area (Å²) < 4.78 is 10.3. The van der Waals surface area contributed by atoms with Gasteiger partial charge in [-0.05, 0) is 42.5 Å². The molecular formula is C18H17N5O5. The lowest BCUT2D eigenvalue weighted by molar-refractivity contribution is -0.434. The zero-order valence-electron chi connectivity index (χ0n) is 15.0. The molecule has 0 saturated carbocycles. The molecule has 0 fully saturated rings. The van der Waals surface area contributed by atoms with Gasteiger partial charge >= 0.3 is 5.70 Å². The summed E-state index contributed by atoms with van der Waals surface area (Å²) in [4.78, 5) is 24.2. The summed E-state index contributed by atoms with van der Waals surface area (Å²) >= 11 is 0. The fraction of sp³-hybridized carbons (Fsp3) is 0.167. The number of carbonyl (C=O) groups is 1. The fourth-order valence-corrected chi connectivity index (χ4v) is 3.37. The Hall–Kier alpha value is -3.79. The van der Waals surface area contributed by atoms with Crippen molar-refractivity contribution < 1.29 is 19.2 Å². The molecule has 2 aliphatic heterocycles. The zero-order valence-corrected chi connectivity index (χ0v) is 15.0. The van der Waals surface area contributed by atoms with Gasteiger partial charge in [-0.25, -0.2) is 5.43 Å². The highest BCUT2D eigenvalue weighted by atomic mass is 16.6. The third kappa shape index (κ3) is 2.50. The number of nitro groups is 1. The quantitative estimate of drug-likeness (QED) is 0.452. The minimum atomic E-state index is -1.69. The lowest BCUT2D eigenvalue weighted by Crippen LogP contribution is -2.50. The number of amides is 1. The van der Waals surface area contributed by atoms with Crippen LogP contribution in [-0.2, 0) is 10.3 Å². The Morgan fingerprint density at radius 2 is 1.75 bits per heavy atom. The number of nitrogens with one attached hydrogen (secondary N) is 4. The van der Waals surface area contributed by atoms with E-state index in [-0.39, 0.29) is 11.5 Å². The Morgan fingerprint density at radius 3 is 2.39 bits per heavy atom. The van der Waals surface area contributed by atoms with Crippen molar-refractivity contribution in [3.63, 3.8) is 0 Å². The SMILES string of the molecule is COc1ccc(NC2=C([N+](=O)[O-])C3(NN2)C(=O)Nc2ccc(OC)cc23)cc1. The smallest absolute Gasteiger partial charge is 0.323 e.